The molecule has 2 heteroatoms. The van der Waals surface area contributed by atoms with Crippen LogP contribution < -0.4 is 12.4 Å². The smallest absolute Gasteiger partial charge is 1.00 e. The van der Waals surface area contributed by atoms with Gasteiger partial charge in [0, 0.05) is 0 Å². The first-order valence-electron chi connectivity index (χ1n) is 1.000. The van der Waals surface area contributed by atoms with Crippen LogP contribution in [0.5, 0.6) is 0 Å². The second-order valence-electron chi connectivity index (χ2n) is 0. The number of halogens is 1. The fraction of sp³-hybridized carbons (Fsp3) is 0. The summed E-state index contributed by atoms with van der Waals surface area (Å²) in [5.41, 5.74) is 0. The molecule has 40 valence electrons. The van der Waals surface area contributed by atoms with Crippen LogP contribution in [-0.2, 0) is 20.1 Å². The Morgan fingerprint density at radius 3 is 0.667 bits per heavy atom. The zero-order chi connectivity index (χ0) is 4.00. The predicted molar refractivity (Wildman–Crippen MR) is 22.5 cm³/mol. The van der Waals surface area contributed by atoms with Gasteiger partial charge in [-0.1, -0.05) is 0 Å². The van der Waals surface area contributed by atoms with E-state index in [1.807, 2.05) is 0 Å². The molecule has 0 saturated carbocycles. The summed E-state index contributed by atoms with van der Waals surface area (Å²) in [4.78, 5) is 0. The van der Waals surface area contributed by atoms with Crippen LogP contribution in [0.4, 0.5) is 0 Å². The maximum atomic E-state index is 3.00. The molecule has 0 N–H and O–H groups in total. The third kappa shape index (κ3) is 294. The van der Waals surface area contributed by atoms with Crippen LogP contribution in [0, 0.1) is 0 Å². The largest absolute Gasteiger partial charge is 1.00 e. The van der Waals surface area contributed by atoms with Crippen molar-refractivity contribution in [3.05, 3.63) is 26.3 Å². The molecule has 0 unspecified atom stereocenters. The zero-order valence-corrected chi connectivity index (χ0v) is 6.69. The minimum absolute atomic E-state index is 0. The van der Waals surface area contributed by atoms with Crippen molar-refractivity contribution < 1.29 is 32.5 Å². The molecule has 0 rings (SSSR count). The Bertz CT molecular complexity index is 9.51. The van der Waals surface area contributed by atoms with Gasteiger partial charge in [-0.3, -0.25) is 0 Å². The number of hydrogen-bond donors (Lipinski definition) is 0. The van der Waals surface area contributed by atoms with Gasteiger partial charge in [0.2, 0.25) is 0 Å². The van der Waals surface area contributed by atoms with Crippen LogP contribution in [0.3, 0.4) is 0 Å². The first kappa shape index (κ1) is 32.2. The molecule has 0 fully saturated rings. The van der Waals surface area contributed by atoms with E-state index in [0.717, 1.165) is 0 Å². The Balaban J connectivity index is -0.00000000500. The molecule has 6 heavy (non-hydrogen) atoms. The second kappa shape index (κ2) is 602. The molecule has 0 aliphatic rings. The van der Waals surface area contributed by atoms with Crippen LogP contribution in [0.15, 0.2) is 26.3 Å². The summed E-state index contributed by atoms with van der Waals surface area (Å²) in [5, 5.41) is 0. The summed E-state index contributed by atoms with van der Waals surface area (Å²) in [5.74, 6) is 0. The van der Waals surface area contributed by atoms with Gasteiger partial charge in [-0.2, -0.15) is 0 Å². The van der Waals surface area contributed by atoms with Crippen molar-refractivity contribution in [1.29, 1.82) is 0 Å². The zero-order valence-electron chi connectivity index (χ0n) is 3.54. The normalized spacial score (nSPS) is 1.33. The Morgan fingerprint density at radius 2 is 0.667 bits per heavy atom. The third-order valence-electron chi connectivity index (χ3n) is 0. The van der Waals surface area contributed by atoms with E-state index < -0.39 is 0 Å². The second-order valence-corrected chi connectivity index (χ2v) is 0. The maximum absolute atomic E-state index is 3.00. The van der Waals surface area contributed by atoms with E-state index in [4.69, 9.17) is 0 Å². The number of rotatable bonds is 0. The molecule has 0 aromatic carbocycles. The molecule has 0 nitrogen and oxygen atoms in total. The molecule has 0 aromatic rings. The van der Waals surface area contributed by atoms with Crippen LogP contribution in [0.25, 0.3) is 0 Å². The molecule has 0 bridgehead atoms. The Labute approximate surface area is 59.1 Å². The van der Waals surface area contributed by atoms with Crippen molar-refractivity contribution in [1.82, 2.24) is 0 Å². The topological polar surface area (TPSA) is 0 Å². The fourth-order valence-corrected chi connectivity index (χ4v) is 0. The fourth-order valence-electron chi connectivity index (χ4n) is 0. The van der Waals surface area contributed by atoms with Crippen molar-refractivity contribution in [3.8, 4) is 0 Å². The molecular formula is C4H8ClIr. The molecule has 0 amide bonds. The van der Waals surface area contributed by atoms with Crippen molar-refractivity contribution in [3.63, 3.8) is 0 Å². The van der Waals surface area contributed by atoms with E-state index in [2.05, 4.69) is 26.3 Å². The van der Waals surface area contributed by atoms with Gasteiger partial charge in [-0.25, -0.2) is 0 Å². The van der Waals surface area contributed by atoms with Gasteiger partial charge < -0.3 is 12.4 Å². The molecular weight excluding hydrogens is 276 g/mol. The summed E-state index contributed by atoms with van der Waals surface area (Å²) in [7, 11) is 0. The monoisotopic (exact) mass is 284 g/mol. The molecule has 0 aliphatic heterocycles. The summed E-state index contributed by atoms with van der Waals surface area (Å²) in [6.07, 6.45) is 0. The molecule has 0 aromatic heterocycles. The van der Waals surface area contributed by atoms with Crippen molar-refractivity contribution in [2.24, 2.45) is 0 Å². The van der Waals surface area contributed by atoms with Gasteiger partial charge >= 0.3 is 20.1 Å². The first-order valence-corrected chi connectivity index (χ1v) is 1.000. The molecule has 0 aliphatic carbocycles. The summed E-state index contributed by atoms with van der Waals surface area (Å²) in [6.45, 7) is 12.0. The van der Waals surface area contributed by atoms with Crippen molar-refractivity contribution in [2.75, 3.05) is 0 Å². The van der Waals surface area contributed by atoms with E-state index in [9.17, 15) is 0 Å². The molecule has 0 spiro atoms. The number of hydrogen-bond acceptors (Lipinski definition) is 0. The van der Waals surface area contributed by atoms with Gasteiger partial charge in [0.25, 0.3) is 0 Å². The van der Waals surface area contributed by atoms with E-state index >= 15 is 0 Å². The first-order chi connectivity index (χ1) is 2.00. The van der Waals surface area contributed by atoms with Gasteiger partial charge in [0.05, 0.1) is 0 Å². The van der Waals surface area contributed by atoms with E-state index in [1.54, 1.807) is 0 Å². The van der Waals surface area contributed by atoms with Crippen LogP contribution >= 0.6 is 0 Å². The summed E-state index contributed by atoms with van der Waals surface area (Å²) >= 11 is 0. The molecule has 0 saturated heterocycles. The van der Waals surface area contributed by atoms with Crippen LogP contribution in [0.1, 0.15) is 0 Å². The third-order valence-corrected chi connectivity index (χ3v) is 0. The minimum Gasteiger partial charge on any atom is -1.00 e. The van der Waals surface area contributed by atoms with Crippen molar-refractivity contribution in [2.45, 2.75) is 0 Å². The Morgan fingerprint density at radius 1 is 0.667 bits per heavy atom. The van der Waals surface area contributed by atoms with Gasteiger partial charge in [0.1, 0.15) is 0 Å². The molecule has 0 radical (unpaired) electrons. The quantitative estimate of drug-likeness (QED) is 0.480. The van der Waals surface area contributed by atoms with Crippen LogP contribution in [-0.4, -0.2) is 0 Å². The predicted octanol–water partition coefficient (Wildman–Crippen LogP) is -1.39. The van der Waals surface area contributed by atoms with E-state index in [-0.39, 0.29) is 32.5 Å². The average molecular weight is 284 g/mol. The van der Waals surface area contributed by atoms with Gasteiger partial charge in [-0.15, -0.1) is 26.3 Å². The SMILES string of the molecule is C=C.C=C.[Cl-].[Ir+]. The summed E-state index contributed by atoms with van der Waals surface area (Å²) < 4.78 is 0. The van der Waals surface area contributed by atoms with Gasteiger partial charge in [-0.05, 0) is 0 Å². The van der Waals surface area contributed by atoms with E-state index in [0.29, 0.717) is 0 Å². The van der Waals surface area contributed by atoms with Gasteiger partial charge in [0.15, 0.2) is 0 Å². The minimum atomic E-state index is 0. The Kier molecular flexibility index (Phi) is 3230. The Hall–Kier alpha value is 0.419. The standard InChI is InChI=1S/2C2H4.ClH.Ir/c2*1-2;;/h2*1-2H2;1H;/q;;;+1/p-1. The maximum Gasteiger partial charge on any atom is 1.00 e. The van der Waals surface area contributed by atoms with Crippen molar-refractivity contribution >= 4 is 0 Å². The average Bonchev–Trinajstić information content (AvgIpc) is 1.50. The molecule has 0 atom stereocenters. The molecule has 0 heterocycles. The van der Waals surface area contributed by atoms with Crippen LogP contribution in [0.2, 0.25) is 0 Å². The summed E-state index contributed by atoms with van der Waals surface area (Å²) in [6, 6.07) is 0. The van der Waals surface area contributed by atoms with E-state index in [1.165, 1.54) is 0 Å².